The van der Waals surface area contributed by atoms with Gasteiger partial charge in [0.1, 0.15) is 0 Å². The summed E-state index contributed by atoms with van der Waals surface area (Å²) in [5, 5.41) is 12.2. The van der Waals surface area contributed by atoms with Crippen LogP contribution >= 0.6 is 15.9 Å². The number of H-pyrrole nitrogens is 1. The lowest BCUT2D eigenvalue weighted by molar-refractivity contribution is 0.279. The number of hydrogen-bond donors (Lipinski definition) is 2. The summed E-state index contributed by atoms with van der Waals surface area (Å²) in [6.07, 6.45) is 0.683. The molecular formula is C12H13BrN2O2. The molecule has 90 valence electrons. The van der Waals surface area contributed by atoms with E-state index in [-0.39, 0.29) is 12.2 Å². The Labute approximate surface area is 107 Å². The lowest BCUT2D eigenvalue weighted by Crippen LogP contribution is -2.17. The lowest BCUT2D eigenvalue weighted by atomic mass is 10.2. The molecule has 1 heterocycles. The molecule has 0 saturated carbocycles. The van der Waals surface area contributed by atoms with Crippen LogP contribution in [0.3, 0.4) is 0 Å². The number of aliphatic hydroxyl groups excluding tert-OH is 1. The molecule has 1 aromatic heterocycles. The van der Waals surface area contributed by atoms with Gasteiger partial charge in [-0.2, -0.15) is 0 Å². The highest BCUT2D eigenvalue weighted by atomic mass is 79.9. The number of aliphatic hydroxyl groups is 1. The van der Waals surface area contributed by atoms with Crippen molar-refractivity contribution in [2.24, 2.45) is 0 Å². The third-order valence-corrected chi connectivity index (χ3v) is 3.35. The van der Waals surface area contributed by atoms with Crippen molar-refractivity contribution in [3.05, 3.63) is 50.3 Å². The molecule has 0 aliphatic rings. The zero-order valence-corrected chi connectivity index (χ0v) is 11.0. The third kappa shape index (κ3) is 2.08. The average Bonchev–Trinajstić information content (AvgIpc) is 2.66. The van der Waals surface area contributed by atoms with E-state index in [1.54, 1.807) is 0 Å². The van der Waals surface area contributed by atoms with E-state index >= 15 is 0 Å². The number of hydrogen-bond acceptors (Lipinski definition) is 2. The minimum absolute atomic E-state index is 0.198. The highest BCUT2D eigenvalue weighted by Crippen LogP contribution is 2.19. The van der Waals surface area contributed by atoms with Crippen molar-refractivity contribution in [2.75, 3.05) is 0 Å². The zero-order valence-electron chi connectivity index (χ0n) is 9.40. The van der Waals surface area contributed by atoms with Crippen LogP contribution in [0.2, 0.25) is 0 Å². The van der Waals surface area contributed by atoms with Gasteiger partial charge in [0.05, 0.1) is 17.9 Å². The molecule has 4 nitrogen and oxygen atoms in total. The number of para-hydroxylation sites is 1. The Morgan fingerprint density at radius 1 is 1.41 bits per heavy atom. The Balaban J connectivity index is 2.65. The van der Waals surface area contributed by atoms with Gasteiger partial charge in [0.15, 0.2) is 0 Å². The molecular weight excluding hydrogens is 284 g/mol. The molecule has 2 N–H and O–H groups in total. The molecule has 2 rings (SSSR count). The number of halogens is 1. The average molecular weight is 297 g/mol. The molecule has 17 heavy (non-hydrogen) atoms. The first-order chi connectivity index (χ1) is 8.19. The molecule has 0 bridgehead atoms. The van der Waals surface area contributed by atoms with E-state index in [9.17, 15) is 9.90 Å². The molecule has 5 heteroatoms. The van der Waals surface area contributed by atoms with Crippen molar-refractivity contribution in [3.8, 4) is 5.69 Å². The largest absolute Gasteiger partial charge is 0.391 e. The van der Waals surface area contributed by atoms with Crippen molar-refractivity contribution >= 4 is 15.9 Å². The van der Waals surface area contributed by atoms with E-state index in [4.69, 9.17) is 0 Å². The van der Waals surface area contributed by atoms with Gasteiger partial charge in [0, 0.05) is 10.2 Å². The van der Waals surface area contributed by atoms with E-state index in [0.29, 0.717) is 12.0 Å². The number of benzene rings is 1. The van der Waals surface area contributed by atoms with E-state index in [2.05, 4.69) is 21.0 Å². The molecule has 0 spiro atoms. The van der Waals surface area contributed by atoms with Crippen molar-refractivity contribution in [3.63, 3.8) is 0 Å². The maximum absolute atomic E-state index is 12.1. The Morgan fingerprint density at radius 2 is 2.12 bits per heavy atom. The lowest BCUT2D eigenvalue weighted by Gasteiger charge is -2.03. The Hall–Kier alpha value is -1.33. The fourth-order valence-corrected chi connectivity index (χ4v) is 2.24. The maximum atomic E-state index is 12.1. The summed E-state index contributed by atoms with van der Waals surface area (Å²) in [4.78, 5) is 12.1. The Bertz CT molecular complexity index is 586. The SMILES string of the molecule is CCc1[nH]n(-c2ccccc2Br)c(=O)c1CO. The van der Waals surface area contributed by atoms with Gasteiger partial charge >= 0.3 is 0 Å². The molecule has 0 aliphatic carbocycles. The highest BCUT2D eigenvalue weighted by molar-refractivity contribution is 9.10. The standard InChI is InChI=1S/C12H13BrN2O2/c1-2-10-8(7-16)12(17)15(14-10)11-6-4-3-5-9(11)13/h3-6,14,16H,2,7H2,1H3. The smallest absolute Gasteiger partial charge is 0.277 e. The van der Waals surface area contributed by atoms with Crippen molar-refractivity contribution in [2.45, 2.75) is 20.0 Å². The first-order valence-corrected chi connectivity index (χ1v) is 6.16. The summed E-state index contributed by atoms with van der Waals surface area (Å²) in [5.74, 6) is 0. The van der Waals surface area contributed by atoms with Crippen LogP contribution in [-0.2, 0) is 13.0 Å². The molecule has 0 unspecified atom stereocenters. The highest BCUT2D eigenvalue weighted by Gasteiger charge is 2.14. The van der Waals surface area contributed by atoms with E-state index < -0.39 is 0 Å². The maximum Gasteiger partial charge on any atom is 0.277 e. The van der Waals surface area contributed by atoms with Crippen LogP contribution in [0.5, 0.6) is 0 Å². The van der Waals surface area contributed by atoms with Gasteiger partial charge in [-0.1, -0.05) is 19.1 Å². The summed E-state index contributed by atoms with van der Waals surface area (Å²) in [5.41, 5.74) is 1.75. The molecule has 0 saturated heterocycles. The van der Waals surface area contributed by atoms with Gasteiger partial charge in [0.25, 0.3) is 5.56 Å². The van der Waals surface area contributed by atoms with Gasteiger partial charge in [-0.25, -0.2) is 4.68 Å². The first kappa shape index (κ1) is 12.1. The second kappa shape index (κ2) is 4.89. The van der Waals surface area contributed by atoms with Crippen LogP contribution in [0, 0.1) is 0 Å². The Morgan fingerprint density at radius 3 is 2.65 bits per heavy atom. The quantitative estimate of drug-likeness (QED) is 0.910. The summed E-state index contributed by atoms with van der Waals surface area (Å²) in [6, 6.07) is 7.45. The summed E-state index contributed by atoms with van der Waals surface area (Å²) in [6.45, 7) is 1.70. The van der Waals surface area contributed by atoms with E-state index in [1.807, 2.05) is 31.2 Å². The van der Waals surface area contributed by atoms with Gasteiger partial charge in [-0.05, 0) is 34.5 Å². The zero-order chi connectivity index (χ0) is 12.4. The molecule has 1 aromatic carbocycles. The van der Waals surface area contributed by atoms with Crippen LogP contribution in [0.4, 0.5) is 0 Å². The minimum Gasteiger partial charge on any atom is -0.391 e. The molecule has 0 fully saturated rings. The normalized spacial score (nSPS) is 10.8. The topological polar surface area (TPSA) is 58.0 Å². The number of aromatic amines is 1. The second-order valence-electron chi connectivity index (χ2n) is 3.67. The number of nitrogens with one attached hydrogen (secondary N) is 1. The molecule has 2 aromatic rings. The van der Waals surface area contributed by atoms with Crippen LogP contribution in [0.25, 0.3) is 5.69 Å². The molecule has 0 aliphatic heterocycles. The predicted molar refractivity (Wildman–Crippen MR) is 69.4 cm³/mol. The van der Waals surface area contributed by atoms with Crippen LogP contribution in [-0.4, -0.2) is 14.9 Å². The summed E-state index contributed by atoms with van der Waals surface area (Å²) in [7, 11) is 0. The van der Waals surface area contributed by atoms with E-state index in [1.165, 1.54) is 4.68 Å². The van der Waals surface area contributed by atoms with Crippen LogP contribution < -0.4 is 5.56 Å². The van der Waals surface area contributed by atoms with Crippen molar-refractivity contribution in [1.29, 1.82) is 0 Å². The van der Waals surface area contributed by atoms with Crippen molar-refractivity contribution in [1.82, 2.24) is 9.78 Å². The summed E-state index contributed by atoms with van der Waals surface area (Å²) < 4.78 is 2.28. The first-order valence-electron chi connectivity index (χ1n) is 5.37. The van der Waals surface area contributed by atoms with Crippen molar-refractivity contribution < 1.29 is 5.11 Å². The van der Waals surface area contributed by atoms with E-state index in [0.717, 1.165) is 15.9 Å². The van der Waals surface area contributed by atoms with Crippen LogP contribution in [0.1, 0.15) is 18.2 Å². The Kier molecular flexibility index (Phi) is 3.49. The predicted octanol–water partition coefficient (Wildman–Crippen LogP) is 1.98. The number of nitrogens with zero attached hydrogens (tertiary/aromatic N) is 1. The van der Waals surface area contributed by atoms with Gasteiger partial charge in [-0.3, -0.25) is 9.89 Å². The fourth-order valence-electron chi connectivity index (χ4n) is 1.78. The molecule has 0 atom stereocenters. The summed E-state index contributed by atoms with van der Waals surface area (Å²) >= 11 is 3.40. The monoisotopic (exact) mass is 296 g/mol. The third-order valence-electron chi connectivity index (χ3n) is 2.68. The molecule has 0 amide bonds. The van der Waals surface area contributed by atoms with Gasteiger partial charge < -0.3 is 5.11 Å². The second-order valence-corrected chi connectivity index (χ2v) is 4.53. The van der Waals surface area contributed by atoms with Crippen LogP contribution in [0.15, 0.2) is 33.5 Å². The number of aryl methyl sites for hydroxylation is 1. The van der Waals surface area contributed by atoms with Gasteiger partial charge in [0.2, 0.25) is 0 Å². The minimum atomic E-state index is -0.240. The number of rotatable bonds is 3. The van der Waals surface area contributed by atoms with Gasteiger partial charge in [-0.15, -0.1) is 0 Å². The fraction of sp³-hybridized carbons (Fsp3) is 0.250. The molecule has 0 radical (unpaired) electrons. The number of aromatic nitrogens is 2.